The molecular weight excluding hydrogens is 291 g/mol. The molecule has 7 heteroatoms. The second-order valence-corrected chi connectivity index (χ2v) is 4.95. The minimum Gasteiger partial charge on any atom is -0.478 e. The fourth-order valence-electron chi connectivity index (χ4n) is 2.23. The topological polar surface area (TPSA) is 92.4 Å². The Morgan fingerprint density at radius 1 is 1.36 bits per heavy atom. The molecule has 1 aromatic heterocycles. The van der Waals surface area contributed by atoms with E-state index in [1.165, 1.54) is 0 Å². The summed E-state index contributed by atoms with van der Waals surface area (Å²) in [5, 5.41) is 15.1. The quantitative estimate of drug-likeness (QED) is 0.906. The van der Waals surface area contributed by atoms with Gasteiger partial charge in [0.2, 0.25) is 5.91 Å². The summed E-state index contributed by atoms with van der Waals surface area (Å²) >= 11 is 0. The molecule has 116 valence electrons. The van der Waals surface area contributed by atoms with E-state index >= 15 is 0 Å². The summed E-state index contributed by atoms with van der Waals surface area (Å²) in [6.07, 6.45) is 0. The van der Waals surface area contributed by atoms with Crippen LogP contribution in [0.4, 0.5) is 10.1 Å². The maximum absolute atomic E-state index is 13.7. The van der Waals surface area contributed by atoms with Crippen molar-refractivity contribution in [1.82, 2.24) is 5.16 Å². The second-order valence-electron chi connectivity index (χ2n) is 4.95. The molecular formula is C15H15FN2O4. The summed E-state index contributed by atoms with van der Waals surface area (Å²) in [6, 6.07) is 3.21. The molecule has 0 saturated carbocycles. The van der Waals surface area contributed by atoms with Crippen LogP contribution in [0.15, 0.2) is 22.7 Å². The average molecular weight is 306 g/mol. The number of aromatic nitrogens is 1. The van der Waals surface area contributed by atoms with Gasteiger partial charge in [-0.05, 0) is 39.0 Å². The largest absolute Gasteiger partial charge is 0.478 e. The van der Waals surface area contributed by atoms with Crippen LogP contribution in [0, 0.1) is 19.7 Å². The van der Waals surface area contributed by atoms with Crippen LogP contribution in [0.2, 0.25) is 0 Å². The maximum atomic E-state index is 13.7. The number of halogens is 1. The zero-order chi connectivity index (χ0) is 16.4. The first kappa shape index (κ1) is 15.7. The minimum absolute atomic E-state index is 0.110. The van der Waals surface area contributed by atoms with Crippen molar-refractivity contribution in [3.8, 4) is 0 Å². The molecule has 0 saturated heterocycles. The Bertz CT molecular complexity index is 720. The zero-order valence-electron chi connectivity index (χ0n) is 12.3. The van der Waals surface area contributed by atoms with Crippen LogP contribution in [-0.4, -0.2) is 22.1 Å². The number of amides is 1. The van der Waals surface area contributed by atoms with Crippen molar-refractivity contribution in [3.63, 3.8) is 0 Å². The van der Waals surface area contributed by atoms with Gasteiger partial charge in [0.25, 0.3) is 0 Å². The monoisotopic (exact) mass is 306 g/mol. The van der Waals surface area contributed by atoms with Gasteiger partial charge < -0.3 is 14.9 Å². The lowest BCUT2D eigenvalue weighted by Gasteiger charge is -2.13. The molecule has 1 amide bonds. The van der Waals surface area contributed by atoms with Crippen LogP contribution in [0.5, 0.6) is 0 Å². The van der Waals surface area contributed by atoms with Gasteiger partial charge in [0.15, 0.2) is 0 Å². The molecule has 2 N–H and O–H groups in total. The van der Waals surface area contributed by atoms with Crippen molar-refractivity contribution in [2.75, 3.05) is 5.32 Å². The fourth-order valence-corrected chi connectivity index (χ4v) is 2.23. The number of nitrogens with one attached hydrogen (secondary N) is 1. The number of aromatic carboxylic acids is 1. The molecule has 1 aromatic carbocycles. The van der Waals surface area contributed by atoms with Crippen LogP contribution in [0.1, 0.15) is 40.2 Å². The number of anilines is 1. The van der Waals surface area contributed by atoms with Gasteiger partial charge in [-0.15, -0.1) is 0 Å². The number of rotatable bonds is 4. The van der Waals surface area contributed by atoms with E-state index in [-0.39, 0.29) is 11.3 Å². The smallest absolute Gasteiger partial charge is 0.335 e. The van der Waals surface area contributed by atoms with Crippen LogP contribution in [0.3, 0.4) is 0 Å². The van der Waals surface area contributed by atoms with E-state index in [1.54, 1.807) is 20.8 Å². The van der Waals surface area contributed by atoms with Crippen LogP contribution in [0.25, 0.3) is 0 Å². The Labute approximate surface area is 125 Å². The summed E-state index contributed by atoms with van der Waals surface area (Å²) in [5.41, 5.74) is 0.928. The minimum atomic E-state index is -1.20. The Balaban J connectivity index is 2.25. The Morgan fingerprint density at radius 2 is 2.05 bits per heavy atom. The van der Waals surface area contributed by atoms with Crippen LogP contribution in [-0.2, 0) is 4.79 Å². The van der Waals surface area contributed by atoms with E-state index < -0.39 is 23.6 Å². The third-order valence-corrected chi connectivity index (χ3v) is 3.39. The molecule has 1 unspecified atom stereocenters. The van der Waals surface area contributed by atoms with Crippen molar-refractivity contribution in [3.05, 3.63) is 46.6 Å². The fraction of sp³-hybridized carbons (Fsp3) is 0.267. The van der Waals surface area contributed by atoms with Gasteiger partial charge in [-0.25, -0.2) is 9.18 Å². The Hall–Kier alpha value is -2.70. The molecule has 0 radical (unpaired) electrons. The molecule has 0 fully saturated rings. The lowest BCUT2D eigenvalue weighted by Crippen LogP contribution is -2.20. The normalized spacial score (nSPS) is 12.0. The van der Waals surface area contributed by atoms with Gasteiger partial charge >= 0.3 is 5.97 Å². The third-order valence-electron chi connectivity index (χ3n) is 3.39. The predicted octanol–water partition coefficient (Wildman–Crippen LogP) is 2.87. The summed E-state index contributed by atoms with van der Waals surface area (Å²) in [6.45, 7) is 5.03. The second kappa shape index (κ2) is 5.97. The van der Waals surface area contributed by atoms with E-state index in [2.05, 4.69) is 10.5 Å². The number of benzene rings is 1. The number of carboxylic acid groups (broad SMARTS) is 1. The third kappa shape index (κ3) is 2.98. The number of hydrogen-bond acceptors (Lipinski definition) is 4. The highest BCUT2D eigenvalue weighted by Gasteiger charge is 2.24. The van der Waals surface area contributed by atoms with Gasteiger partial charge in [0.1, 0.15) is 11.6 Å². The molecule has 1 atom stereocenters. The molecule has 1 heterocycles. The average Bonchev–Trinajstić information content (AvgIpc) is 2.79. The Morgan fingerprint density at radius 3 is 2.59 bits per heavy atom. The summed E-state index contributed by atoms with van der Waals surface area (Å²) in [4.78, 5) is 23.2. The van der Waals surface area contributed by atoms with Gasteiger partial charge in [0, 0.05) is 5.56 Å². The maximum Gasteiger partial charge on any atom is 0.335 e. The van der Waals surface area contributed by atoms with Gasteiger partial charge in [0.05, 0.1) is 22.9 Å². The molecule has 22 heavy (non-hydrogen) atoms. The van der Waals surface area contributed by atoms with Gasteiger partial charge in [-0.1, -0.05) is 5.16 Å². The molecule has 2 aromatic rings. The standard InChI is InChI=1S/C15H15FN2O4/c1-7(13-8(2)18-22-9(13)3)14(19)17-12-6-10(15(20)21)4-5-11(12)16/h4-7H,1-3H3,(H,17,19)(H,20,21). The first-order valence-corrected chi connectivity index (χ1v) is 6.57. The number of aryl methyl sites for hydroxylation is 2. The highest BCUT2D eigenvalue weighted by atomic mass is 19.1. The van der Waals surface area contributed by atoms with Crippen molar-refractivity contribution in [1.29, 1.82) is 0 Å². The Kier molecular flexibility index (Phi) is 4.25. The van der Waals surface area contributed by atoms with Gasteiger partial charge in [-0.2, -0.15) is 0 Å². The van der Waals surface area contributed by atoms with E-state index in [4.69, 9.17) is 9.63 Å². The van der Waals surface area contributed by atoms with Crippen molar-refractivity contribution >= 4 is 17.6 Å². The number of hydrogen-bond donors (Lipinski definition) is 2. The number of carbonyl (C=O) groups excluding carboxylic acids is 1. The highest BCUT2D eigenvalue weighted by molar-refractivity contribution is 5.97. The molecule has 2 rings (SSSR count). The van der Waals surface area contributed by atoms with Crippen molar-refractivity contribution in [2.45, 2.75) is 26.7 Å². The first-order valence-electron chi connectivity index (χ1n) is 6.57. The SMILES string of the molecule is Cc1noc(C)c1C(C)C(=O)Nc1cc(C(=O)O)ccc1F. The van der Waals surface area contributed by atoms with Crippen molar-refractivity contribution in [2.24, 2.45) is 0 Å². The number of carbonyl (C=O) groups is 2. The molecule has 0 aliphatic heterocycles. The predicted molar refractivity (Wildman–Crippen MR) is 76.4 cm³/mol. The molecule has 0 bridgehead atoms. The summed E-state index contributed by atoms with van der Waals surface area (Å²) < 4.78 is 18.7. The van der Waals surface area contributed by atoms with E-state index in [0.29, 0.717) is 17.0 Å². The summed E-state index contributed by atoms with van der Waals surface area (Å²) in [7, 11) is 0. The molecule has 0 aliphatic carbocycles. The molecule has 0 aliphatic rings. The van der Waals surface area contributed by atoms with E-state index in [9.17, 15) is 14.0 Å². The van der Waals surface area contributed by atoms with Crippen LogP contribution >= 0.6 is 0 Å². The van der Waals surface area contributed by atoms with Crippen LogP contribution < -0.4 is 5.32 Å². The lowest BCUT2D eigenvalue weighted by molar-refractivity contribution is -0.117. The first-order chi connectivity index (χ1) is 10.3. The van der Waals surface area contributed by atoms with Crippen molar-refractivity contribution < 1.29 is 23.6 Å². The van der Waals surface area contributed by atoms with E-state index in [0.717, 1.165) is 18.2 Å². The van der Waals surface area contributed by atoms with Gasteiger partial charge in [-0.3, -0.25) is 4.79 Å². The lowest BCUT2D eigenvalue weighted by atomic mass is 9.98. The number of carboxylic acids is 1. The molecule has 6 nitrogen and oxygen atoms in total. The zero-order valence-corrected chi connectivity index (χ0v) is 12.3. The number of nitrogens with zero attached hydrogens (tertiary/aromatic N) is 1. The highest BCUT2D eigenvalue weighted by Crippen LogP contribution is 2.25. The summed E-state index contributed by atoms with van der Waals surface area (Å²) in [5.74, 6) is -2.48. The molecule has 0 spiro atoms. The van der Waals surface area contributed by atoms with E-state index in [1.807, 2.05) is 0 Å².